The number of hydrogen-bond donors (Lipinski definition) is 5. The van der Waals surface area contributed by atoms with Crippen LogP contribution < -0.4 is 15.0 Å². The standard InChI is InChI=1S/C22H23NO8/c1-29-12-7-8-13-14(9-12)23-21(28)16(11-5-3-2-4-6-11)20(13)31-22-19(27)18(26)17(25)15(10-24)30-22/h2-9,15,17-19,22,24-27H,10H2,1H3,(H,23,28)/t15-,17-,18+,19-,22+/m1/s1. The van der Waals surface area contributed by atoms with Crippen molar-refractivity contribution in [2.24, 2.45) is 0 Å². The van der Waals surface area contributed by atoms with Gasteiger partial charge < -0.3 is 39.6 Å². The van der Waals surface area contributed by atoms with Crippen molar-refractivity contribution in [2.45, 2.75) is 30.7 Å². The van der Waals surface area contributed by atoms with Crippen molar-refractivity contribution < 1.29 is 34.6 Å². The average molecular weight is 429 g/mol. The van der Waals surface area contributed by atoms with Crippen LogP contribution in [0, 0.1) is 0 Å². The largest absolute Gasteiger partial charge is 0.497 e. The van der Waals surface area contributed by atoms with Gasteiger partial charge in [-0.15, -0.1) is 0 Å². The predicted octanol–water partition coefficient (Wildman–Crippen LogP) is 0.382. The lowest BCUT2D eigenvalue weighted by molar-refractivity contribution is -0.277. The molecule has 0 spiro atoms. The Morgan fingerprint density at radius 3 is 2.45 bits per heavy atom. The van der Waals surface area contributed by atoms with Crippen molar-refractivity contribution in [3.8, 4) is 22.6 Å². The molecule has 5 N–H and O–H groups in total. The number of H-pyrrole nitrogens is 1. The van der Waals surface area contributed by atoms with Crippen LogP contribution in [0.2, 0.25) is 0 Å². The minimum absolute atomic E-state index is 0.122. The first-order chi connectivity index (χ1) is 14.9. The van der Waals surface area contributed by atoms with Crippen LogP contribution in [0.15, 0.2) is 53.3 Å². The number of aromatic amines is 1. The Morgan fingerprint density at radius 2 is 1.77 bits per heavy atom. The van der Waals surface area contributed by atoms with Crippen molar-refractivity contribution in [3.63, 3.8) is 0 Å². The van der Waals surface area contributed by atoms with Crippen LogP contribution in [-0.2, 0) is 4.74 Å². The maximum Gasteiger partial charge on any atom is 0.260 e. The number of pyridine rings is 1. The SMILES string of the molecule is COc1ccc2c(O[C@@H]3O[C@H](CO)[C@@H](O)[C@H](O)[C@H]3O)c(-c3ccccc3)c(=O)[nH]c2c1. The van der Waals surface area contributed by atoms with Crippen LogP contribution in [0.3, 0.4) is 0 Å². The fourth-order valence-electron chi connectivity index (χ4n) is 3.64. The molecule has 31 heavy (non-hydrogen) atoms. The second-order valence-corrected chi connectivity index (χ2v) is 7.25. The molecule has 0 radical (unpaired) electrons. The Hall–Kier alpha value is -2.95. The molecule has 0 bridgehead atoms. The number of hydrogen-bond acceptors (Lipinski definition) is 8. The molecule has 0 amide bonds. The molecular formula is C22H23NO8. The highest BCUT2D eigenvalue weighted by Gasteiger charge is 2.45. The van der Waals surface area contributed by atoms with Gasteiger partial charge in [-0.3, -0.25) is 4.79 Å². The molecular weight excluding hydrogens is 406 g/mol. The Balaban J connectivity index is 1.87. The molecule has 0 unspecified atom stereocenters. The zero-order valence-corrected chi connectivity index (χ0v) is 16.6. The Kier molecular flexibility index (Phi) is 5.94. The molecule has 4 rings (SSSR count). The maximum atomic E-state index is 13.0. The van der Waals surface area contributed by atoms with E-state index < -0.39 is 42.9 Å². The van der Waals surface area contributed by atoms with Crippen LogP contribution in [0.1, 0.15) is 0 Å². The summed E-state index contributed by atoms with van der Waals surface area (Å²) in [4.78, 5) is 15.8. The van der Waals surface area contributed by atoms with Gasteiger partial charge in [-0.05, 0) is 17.7 Å². The smallest absolute Gasteiger partial charge is 0.260 e. The van der Waals surface area contributed by atoms with Gasteiger partial charge in [-0.1, -0.05) is 30.3 Å². The van der Waals surface area contributed by atoms with Gasteiger partial charge >= 0.3 is 0 Å². The van der Waals surface area contributed by atoms with E-state index in [9.17, 15) is 25.2 Å². The quantitative estimate of drug-likeness (QED) is 0.392. The lowest BCUT2D eigenvalue weighted by atomic mass is 9.99. The minimum Gasteiger partial charge on any atom is -0.497 e. The van der Waals surface area contributed by atoms with Crippen molar-refractivity contribution >= 4 is 10.9 Å². The summed E-state index contributed by atoms with van der Waals surface area (Å²) in [5.74, 6) is 0.645. The summed E-state index contributed by atoms with van der Waals surface area (Å²) < 4.78 is 16.7. The van der Waals surface area contributed by atoms with Gasteiger partial charge in [-0.25, -0.2) is 0 Å². The molecule has 1 fully saturated rings. The van der Waals surface area contributed by atoms with Crippen molar-refractivity contribution in [2.75, 3.05) is 13.7 Å². The van der Waals surface area contributed by atoms with Crippen molar-refractivity contribution in [1.29, 1.82) is 0 Å². The first kappa shape index (κ1) is 21.3. The second-order valence-electron chi connectivity index (χ2n) is 7.25. The van der Waals surface area contributed by atoms with Crippen molar-refractivity contribution in [1.82, 2.24) is 4.98 Å². The maximum absolute atomic E-state index is 13.0. The van der Waals surface area contributed by atoms with Gasteiger partial charge in [0.05, 0.1) is 24.8 Å². The van der Waals surface area contributed by atoms with E-state index in [0.717, 1.165) is 0 Å². The fraction of sp³-hybridized carbons (Fsp3) is 0.318. The average Bonchev–Trinajstić information content (AvgIpc) is 2.79. The topological polar surface area (TPSA) is 141 Å². The van der Waals surface area contributed by atoms with E-state index in [1.165, 1.54) is 7.11 Å². The molecule has 1 aliphatic rings. The summed E-state index contributed by atoms with van der Waals surface area (Å²) in [6.07, 6.45) is -7.32. The zero-order chi connectivity index (χ0) is 22.1. The van der Waals surface area contributed by atoms with Gasteiger partial charge in [0.15, 0.2) is 0 Å². The van der Waals surface area contributed by atoms with E-state index in [1.54, 1.807) is 42.5 Å². The molecule has 1 aliphatic heterocycles. The summed E-state index contributed by atoms with van der Waals surface area (Å²) in [6.45, 7) is -0.594. The molecule has 1 aromatic heterocycles. The molecule has 9 nitrogen and oxygen atoms in total. The molecule has 1 saturated heterocycles. The number of aromatic nitrogens is 1. The molecule has 164 valence electrons. The van der Waals surface area contributed by atoms with Crippen LogP contribution in [0.4, 0.5) is 0 Å². The monoisotopic (exact) mass is 429 g/mol. The van der Waals surface area contributed by atoms with E-state index in [0.29, 0.717) is 22.2 Å². The predicted molar refractivity (Wildman–Crippen MR) is 111 cm³/mol. The van der Waals surface area contributed by atoms with E-state index in [4.69, 9.17) is 14.2 Å². The number of nitrogens with one attached hydrogen (secondary N) is 1. The van der Waals surface area contributed by atoms with Gasteiger partial charge in [0.1, 0.15) is 35.9 Å². The lowest BCUT2D eigenvalue weighted by Gasteiger charge is -2.39. The lowest BCUT2D eigenvalue weighted by Crippen LogP contribution is -2.60. The molecule has 5 atom stereocenters. The van der Waals surface area contributed by atoms with Crippen LogP contribution in [0.5, 0.6) is 11.5 Å². The van der Waals surface area contributed by atoms with Gasteiger partial charge in [0.2, 0.25) is 6.29 Å². The first-order valence-corrected chi connectivity index (χ1v) is 9.71. The first-order valence-electron chi connectivity index (χ1n) is 9.71. The van der Waals surface area contributed by atoms with Crippen LogP contribution in [-0.4, -0.2) is 69.8 Å². The number of benzene rings is 2. The highest BCUT2D eigenvalue weighted by molar-refractivity contribution is 5.92. The number of aliphatic hydroxyl groups excluding tert-OH is 4. The summed E-state index contributed by atoms with van der Waals surface area (Å²) >= 11 is 0. The summed E-state index contributed by atoms with van der Waals surface area (Å²) in [5.41, 5.74) is 0.770. The second kappa shape index (κ2) is 8.66. The fourth-order valence-corrected chi connectivity index (χ4v) is 3.64. The third-order valence-corrected chi connectivity index (χ3v) is 5.32. The molecule has 3 aromatic rings. The Bertz CT molecular complexity index is 1110. The third kappa shape index (κ3) is 3.89. The summed E-state index contributed by atoms with van der Waals surface area (Å²) in [7, 11) is 1.50. The summed E-state index contributed by atoms with van der Waals surface area (Å²) in [5, 5.41) is 40.5. The van der Waals surface area contributed by atoms with Gasteiger partial charge in [0, 0.05) is 11.5 Å². The van der Waals surface area contributed by atoms with E-state index in [2.05, 4.69) is 4.98 Å². The van der Waals surface area contributed by atoms with Crippen molar-refractivity contribution in [3.05, 3.63) is 58.9 Å². The molecule has 2 heterocycles. The van der Waals surface area contributed by atoms with E-state index >= 15 is 0 Å². The number of ether oxygens (including phenoxy) is 3. The molecule has 2 aromatic carbocycles. The third-order valence-electron chi connectivity index (χ3n) is 5.32. The number of aliphatic hydroxyl groups is 4. The van der Waals surface area contributed by atoms with Crippen LogP contribution in [0.25, 0.3) is 22.0 Å². The number of methoxy groups -OCH3 is 1. The van der Waals surface area contributed by atoms with Gasteiger partial charge in [0.25, 0.3) is 5.56 Å². The van der Waals surface area contributed by atoms with Crippen LogP contribution >= 0.6 is 0 Å². The Labute approximate surface area is 177 Å². The minimum atomic E-state index is -1.62. The molecule has 0 saturated carbocycles. The zero-order valence-electron chi connectivity index (χ0n) is 16.6. The summed E-state index contributed by atoms with van der Waals surface area (Å²) in [6, 6.07) is 13.8. The van der Waals surface area contributed by atoms with E-state index in [1.807, 2.05) is 6.07 Å². The molecule has 9 heteroatoms. The molecule has 0 aliphatic carbocycles. The Morgan fingerprint density at radius 1 is 1.03 bits per heavy atom. The highest BCUT2D eigenvalue weighted by atomic mass is 16.7. The normalized spacial score (nSPS) is 26.0. The highest BCUT2D eigenvalue weighted by Crippen LogP contribution is 2.36. The van der Waals surface area contributed by atoms with Gasteiger partial charge in [-0.2, -0.15) is 0 Å². The van der Waals surface area contributed by atoms with E-state index in [-0.39, 0.29) is 11.3 Å². The number of fused-ring (bicyclic) bond motifs is 1. The number of rotatable bonds is 5.